The highest BCUT2D eigenvalue weighted by Gasteiger charge is 2.59. The van der Waals surface area contributed by atoms with Crippen molar-refractivity contribution in [2.75, 3.05) is 13.2 Å². The summed E-state index contributed by atoms with van der Waals surface area (Å²) in [6.45, 7) is 22.1. The molecule has 0 aromatic carbocycles. The number of fused-ring (bicyclic) bond motifs is 2. The molecule has 0 spiro atoms. The maximum absolute atomic E-state index is 6.56. The summed E-state index contributed by atoms with van der Waals surface area (Å²) in [7, 11) is 0. The number of hydrogen-bond donors (Lipinski definition) is 0. The molecule has 7 aliphatic carbocycles. The second-order valence-corrected chi connectivity index (χ2v) is 23.3. The third kappa shape index (κ3) is 11.0. The zero-order chi connectivity index (χ0) is 40.8. The predicted molar refractivity (Wildman–Crippen MR) is 246 cm³/mol. The van der Waals surface area contributed by atoms with E-state index in [-0.39, 0.29) is 0 Å². The number of rotatable bonds is 16. The molecule has 0 amide bonds. The van der Waals surface area contributed by atoms with Gasteiger partial charge in [0.15, 0.2) is 0 Å². The molecule has 7 fully saturated rings. The summed E-state index contributed by atoms with van der Waals surface area (Å²) in [5.41, 5.74) is 0. The lowest BCUT2D eigenvalue weighted by Gasteiger charge is -2.66. The van der Waals surface area contributed by atoms with Gasteiger partial charge in [-0.1, -0.05) is 68.2 Å². The van der Waals surface area contributed by atoms with E-state index < -0.39 is 0 Å². The van der Waals surface area contributed by atoms with Gasteiger partial charge >= 0.3 is 0 Å². The minimum Gasteiger partial charge on any atom is -0.378 e. The molecule has 7 rings (SSSR count). The molecular formula is C54H98N2O2. The molecule has 0 heterocycles. The maximum atomic E-state index is 6.56. The average molecular weight is 807 g/mol. The van der Waals surface area contributed by atoms with Crippen LogP contribution in [0.3, 0.4) is 0 Å². The van der Waals surface area contributed by atoms with Crippen molar-refractivity contribution < 1.29 is 9.47 Å². The topological polar surface area (TPSA) is 24.9 Å². The van der Waals surface area contributed by atoms with Crippen LogP contribution in [0.2, 0.25) is 0 Å². The van der Waals surface area contributed by atoms with Crippen molar-refractivity contribution in [3.05, 3.63) is 0 Å². The second-order valence-electron chi connectivity index (χ2n) is 23.3. The van der Waals surface area contributed by atoms with Gasteiger partial charge in [-0.2, -0.15) is 0 Å². The van der Waals surface area contributed by atoms with Gasteiger partial charge < -0.3 is 9.47 Å². The van der Waals surface area contributed by atoms with Crippen molar-refractivity contribution in [2.45, 2.75) is 271 Å². The molecule has 8 atom stereocenters. The summed E-state index contributed by atoms with van der Waals surface area (Å²) in [4.78, 5) is 6.90. The zero-order valence-electron chi connectivity index (χ0n) is 39.9. The summed E-state index contributed by atoms with van der Waals surface area (Å²) in [6.07, 6.45) is 37.4. The van der Waals surface area contributed by atoms with Crippen molar-refractivity contribution in [2.24, 2.45) is 59.2 Å². The first kappa shape index (κ1) is 45.9. The van der Waals surface area contributed by atoms with Crippen LogP contribution in [-0.4, -0.2) is 71.5 Å². The van der Waals surface area contributed by atoms with Gasteiger partial charge in [-0.3, -0.25) is 9.80 Å². The predicted octanol–water partition coefficient (Wildman–Crippen LogP) is 14.1. The van der Waals surface area contributed by atoms with Gasteiger partial charge in [0, 0.05) is 49.5 Å². The van der Waals surface area contributed by atoms with Crippen LogP contribution in [0.15, 0.2) is 0 Å². The van der Waals surface area contributed by atoms with Crippen LogP contribution in [-0.2, 0) is 9.47 Å². The first-order valence-electron chi connectivity index (χ1n) is 26.9. The molecule has 58 heavy (non-hydrogen) atoms. The van der Waals surface area contributed by atoms with E-state index in [1.807, 2.05) is 0 Å². The third-order valence-corrected chi connectivity index (χ3v) is 19.0. The Morgan fingerprint density at radius 2 is 0.741 bits per heavy atom. The lowest BCUT2D eigenvalue weighted by atomic mass is 9.50. The van der Waals surface area contributed by atoms with Gasteiger partial charge in [-0.25, -0.2) is 0 Å². The Labute approximate surface area is 361 Å². The van der Waals surface area contributed by atoms with Crippen molar-refractivity contribution in [3.8, 4) is 0 Å². The first-order chi connectivity index (χ1) is 28.2. The molecule has 0 N–H and O–H groups in total. The van der Waals surface area contributed by atoms with Crippen LogP contribution in [0.4, 0.5) is 0 Å². The molecule has 7 saturated carbocycles. The van der Waals surface area contributed by atoms with Crippen LogP contribution < -0.4 is 0 Å². The Morgan fingerprint density at radius 1 is 0.414 bits per heavy atom. The SMILES string of the molecule is CCCCOC1CCC(N(C2CCC(C)CC2)C2C3CCC(C(C)C)CC3C(N(C3CCC(C)CC3)C3CCC(OCCCC)CC3)C3CCC(C(C)C)CC32)CC1. The Balaban J connectivity index is 1.26. The van der Waals surface area contributed by atoms with Crippen molar-refractivity contribution in [1.82, 2.24) is 9.80 Å². The van der Waals surface area contributed by atoms with Crippen LogP contribution in [0.1, 0.15) is 222 Å². The molecule has 336 valence electrons. The Hall–Kier alpha value is -0.160. The van der Waals surface area contributed by atoms with Crippen LogP contribution in [0.5, 0.6) is 0 Å². The van der Waals surface area contributed by atoms with Crippen molar-refractivity contribution in [3.63, 3.8) is 0 Å². The minimum atomic E-state index is 0.507. The zero-order valence-corrected chi connectivity index (χ0v) is 39.9. The fourth-order valence-corrected chi connectivity index (χ4v) is 15.3. The summed E-state index contributed by atoms with van der Waals surface area (Å²) < 4.78 is 13.1. The Bertz CT molecular complexity index is 1070. The molecule has 0 radical (unpaired) electrons. The van der Waals surface area contributed by atoms with Crippen molar-refractivity contribution >= 4 is 0 Å². The highest BCUT2D eigenvalue weighted by atomic mass is 16.5. The lowest BCUT2D eigenvalue weighted by molar-refractivity contribution is -0.164. The first-order valence-corrected chi connectivity index (χ1v) is 26.9. The van der Waals surface area contributed by atoms with E-state index in [4.69, 9.17) is 9.47 Å². The van der Waals surface area contributed by atoms with Gasteiger partial charge in [0.1, 0.15) is 0 Å². The number of hydrogen-bond acceptors (Lipinski definition) is 4. The molecule has 4 heteroatoms. The number of unbranched alkanes of at least 4 members (excludes halogenated alkanes) is 2. The van der Waals surface area contributed by atoms with E-state index in [2.05, 4.69) is 65.2 Å². The maximum Gasteiger partial charge on any atom is 0.0576 e. The average Bonchev–Trinajstić information content (AvgIpc) is 3.23. The fraction of sp³-hybridized carbons (Fsp3) is 1.00. The van der Waals surface area contributed by atoms with E-state index in [1.54, 1.807) is 0 Å². The monoisotopic (exact) mass is 807 g/mol. The second kappa shape index (κ2) is 22.0. The molecule has 7 aliphatic rings. The number of nitrogens with zero attached hydrogens (tertiary/aromatic N) is 2. The van der Waals surface area contributed by atoms with Gasteiger partial charge in [-0.05, 0) is 213 Å². The van der Waals surface area contributed by atoms with E-state index in [9.17, 15) is 0 Å². The molecule has 0 aromatic rings. The van der Waals surface area contributed by atoms with E-state index in [0.717, 1.165) is 109 Å². The molecule has 0 aliphatic heterocycles. The molecule has 4 nitrogen and oxygen atoms in total. The quantitative estimate of drug-likeness (QED) is 0.145. The summed E-state index contributed by atoms with van der Waals surface area (Å²) in [5, 5.41) is 0. The summed E-state index contributed by atoms with van der Waals surface area (Å²) >= 11 is 0. The normalized spacial score (nSPS) is 42.8. The molecule has 0 aromatic heterocycles. The standard InChI is InChI=1S/C54H98N2O2/c1-9-11-33-57-47-27-23-45(24-28-47)55(43-19-13-39(7)14-20-43)53-49-31-17-42(38(5)6)36-52(49)54(50-32-18-41(37(3)4)35-51(50)53)56(44-21-15-40(8)16-22-44)46-25-29-48(30-26-46)58-34-12-10-2/h37-54H,9-36H2,1-8H3. The lowest BCUT2D eigenvalue weighted by Crippen LogP contribution is -2.69. The van der Waals surface area contributed by atoms with Crippen LogP contribution in [0.25, 0.3) is 0 Å². The van der Waals surface area contributed by atoms with Gasteiger partial charge in [0.25, 0.3) is 0 Å². The third-order valence-electron chi connectivity index (χ3n) is 19.0. The van der Waals surface area contributed by atoms with Crippen LogP contribution in [0, 0.1) is 59.2 Å². The summed E-state index contributed by atoms with van der Waals surface area (Å²) in [5.74, 6) is 8.77. The molecule has 0 bridgehead atoms. The smallest absolute Gasteiger partial charge is 0.0576 e. The van der Waals surface area contributed by atoms with E-state index >= 15 is 0 Å². The summed E-state index contributed by atoms with van der Waals surface area (Å²) in [6, 6.07) is 4.77. The molecule has 0 saturated heterocycles. The van der Waals surface area contributed by atoms with E-state index in [1.165, 1.54) is 167 Å². The molecular weight excluding hydrogens is 709 g/mol. The van der Waals surface area contributed by atoms with Crippen LogP contribution >= 0.6 is 0 Å². The van der Waals surface area contributed by atoms with Gasteiger partial charge in [-0.15, -0.1) is 0 Å². The fourth-order valence-electron chi connectivity index (χ4n) is 15.3. The Kier molecular flexibility index (Phi) is 17.4. The molecule has 8 unspecified atom stereocenters. The Morgan fingerprint density at radius 3 is 1.05 bits per heavy atom. The van der Waals surface area contributed by atoms with E-state index in [0.29, 0.717) is 12.2 Å². The highest BCUT2D eigenvalue weighted by molar-refractivity contribution is 5.12. The van der Waals surface area contributed by atoms with Gasteiger partial charge in [0.05, 0.1) is 12.2 Å². The minimum absolute atomic E-state index is 0.507. The van der Waals surface area contributed by atoms with Gasteiger partial charge in [0.2, 0.25) is 0 Å². The largest absolute Gasteiger partial charge is 0.378 e. The highest BCUT2D eigenvalue weighted by Crippen LogP contribution is 2.59. The van der Waals surface area contributed by atoms with Crippen molar-refractivity contribution in [1.29, 1.82) is 0 Å². The number of ether oxygens (including phenoxy) is 2.